The number of nitrogens with one attached hydrogen (secondary N) is 1. The molecule has 4 heteroatoms. The summed E-state index contributed by atoms with van der Waals surface area (Å²) < 4.78 is 10.5. The van der Waals surface area contributed by atoms with E-state index in [9.17, 15) is 0 Å². The Morgan fingerprint density at radius 3 is 2.50 bits per heavy atom. The summed E-state index contributed by atoms with van der Waals surface area (Å²) in [7, 11) is 3.32. The van der Waals surface area contributed by atoms with Crippen LogP contribution < -0.4 is 20.5 Å². The molecule has 0 unspecified atom stereocenters. The third kappa shape index (κ3) is 4.11. The molecule has 0 aliphatic heterocycles. The Morgan fingerprint density at radius 1 is 1.22 bits per heavy atom. The first-order valence-electron chi connectivity index (χ1n) is 6.18. The average Bonchev–Trinajstić information content (AvgIpc) is 2.38. The number of ether oxygens (including phenoxy) is 2. The van der Waals surface area contributed by atoms with Gasteiger partial charge in [0.25, 0.3) is 0 Å². The van der Waals surface area contributed by atoms with E-state index in [1.54, 1.807) is 14.2 Å². The third-order valence-electron chi connectivity index (χ3n) is 3.08. The van der Waals surface area contributed by atoms with Crippen LogP contribution in [-0.2, 0) is 0 Å². The number of benzene rings is 1. The SMILES string of the molecule is COc1ccc(OC)c(NCCC(C)(C)CN)c1. The first-order chi connectivity index (χ1) is 8.52. The van der Waals surface area contributed by atoms with E-state index >= 15 is 0 Å². The lowest BCUT2D eigenvalue weighted by atomic mass is 9.90. The summed E-state index contributed by atoms with van der Waals surface area (Å²) in [6.45, 7) is 5.87. The Morgan fingerprint density at radius 2 is 1.94 bits per heavy atom. The van der Waals surface area contributed by atoms with E-state index in [0.29, 0.717) is 6.54 Å². The maximum Gasteiger partial charge on any atom is 0.142 e. The van der Waals surface area contributed by atoms with Gasteiger partial charge >= 0.3 is 0 Å². The summed E-state index contributed by atoms with van der Waals surface area (Å²) in [5.74, 6) is 1.64. The summed E-state index contributed by atoms with van der Waals surface area (Å²) in [6, 6.07) is 5.72. The molecule has 1 aromatic rings. The number of nitrogens with two attached hydrogens (primary N) is 1. The van der Waals surface area contributed by atoms with E-state index in [2.05, 4.69) is 19.2 Å². The fourth-order valence-electron chi connectivity index (χ4n) is 1.59. The molecule has 0 heterocycles. The molecule has 0 aliphatic carbocycles. The van der Waals surface area contributed by atoms with Crippen molar-refractivity contribution in [3.05, 3.63) is 18.2 Å². The van der Waals surface area contributed by atoms with Crippen LogP contribution in [0, 0.1) is 5.41 Å². The highest BCUT2D eigenvalue weighted by molar-refractivity contribution is 5.59. The van der Waals surface area contributed by atoms with Crippen LogP contribution >= 0.6 is 0 Å². The van der Waals surface area contributed by atoms with Crippen molar-refractivity contribution < 1.29 is 9.47 Å². The van der Waals surface area contributed by atoms with Crippen molar-refractivity contribution in [1.29, 1.82) is 0 Å². The molecule has 0 saturated carbocycles. The first-order valence-corrected chi connectivity index (χ1v) is 6.18. The summed E-state index contributed by atoms with van der Waals surface area (Å²) in [5.41, 5.74) is 6.82. The molecule has 0 aliphatic rings. The first kappa shape index (κ1) is 14.6. The Hall–Kier alpha value is -1.42. The zero-order valence-corrected chi connectivity index (χ0v) is 11.7. The maximum atomic E-state index is 5.71. The van der Waals surface area contributed by atoms with Gasteiger partial charge in [0.05, 0.1) is 19.9 Å². The van der Waals surface area contributed by atoms with Crippen LogP contribution in [0.4, 0.5) is 5.69 Å². The molecule has 0 aromatic heterocycles. The van der Waals surface area contributed by atoms with E-state index in [0.717, 1.165) is 30.2 Å². The van der Waals surface area contributed by atoms with Crippen LogP contribution in [0.3, 0.4) is 0 Å². The van der Waals surface area contributed by atoms with E-state index < -0.39 is 0 Å². The van der Waals surface area contributed by atoms with Gasteiger partial charge in [0.1, 0.15) is 11.5 Å². The molecule has 1 rings (SSSR count). The molecule has 18 heavy (non-hydrogen) atoms. The van der Waals surface area contributed by atoms with Gasteiger partial charge < -0.3 is 20.5 Å². The topological polar surface area (TPSA) is 56.5 Å². The van der Waals surface area contributed by atoms with Gasteiger partial charge in [-0.15, -0.1) is 0 Å². The molecule has 0 atom stereocenters. The van der Waals surface area contributed by atoms with Crippen LogP contribution in [0.1, 0.15) is 20.3 Å². The Bertz CT molecular complexity index is 378. The fraction of sp³-hybridized carbons (Fsp3) is 0.571. The predicted octanol–water partition coefficient (Wildman–Crippen LogP) is 2.49. The van der Waals surface area contributed by atoms with Gasteiger partial charge in [0.15, 0.2) is 0 Å². The number of anilines is 1. The maximum absolute atomic E-state index is 5.71. The van der Waals surface area contributed by atoms with Crippen molar-refractivity contribution >= 4 is 5.69 Å². The second kappa shape index (κ2) is 6.50. The van der Waals surface area contributed by atoms with Crippen molar-refractivity contribution in [3.63, 3.8) is 0 Å². The average molecular weight is 252 g/mol. The van der Waals surface area contributed by atoms with E-state index in [1.165, 1.54) is 0 Å². The Labute approximate surface area is 109 Å². The Balaban J connectivity index is 2.65. The molecule has 0 fully saturated rings. The number of rotatable bonds is 7. The lowest BCUT2D eigenvalue weighted by Crippen LogP contribution is -2.26. The van der Waals surface area contributed by atoms with Gasteiger partial charge in [-0.25, -0.2) is 0 Å². The fourth-order valence-corrected chi connectivity index (χ4v) is 1.59. The van der Waals surface area contributed by atoms with E-state index in [-0.39, 0.29) is 5.41 Å². The third-order valence-corrected chi connectivity index (χ3v) is 3.08. The lowest BCUT2D eigenvalue weighted by Gasteiger charge is -2.23. The quantitative estimate of drug-likeness (QED) is 0.783. The predicted molar refractivity (Wildman–Crippen MR) is 75.5 cm³/mol. The normalized spacial score (nSPS) is 11.2. The standard InChI is InChI=1S/C14H24N2O2/c1-14(2,10-15)7-8-16-12-9-11(17-3)5-6-13(12)18-4/h5-6,9,16H,7-8,10,15H2,1-4H3. The van der Waals surface area contributed by atoms with Gasteiger partial charge in [-0.05, 0) is 30.5 Å². The van der Waals surface area contributed by atoms with Crippen molar-refractivity contribution in [1.82, 2.24) is 0 Å². The molecule has 0 spiro atoms. The zero-order chi connectivity index (χ0) is 13.6. The lowest BCUT2D eigenvalue weighted by molar-refractivity contribution is 0.357. The van der Waals surface area contributed by atoms with Gasteiger partial charge in [-0.3, -0.25) is 0 Å². The summed E-state index contributed by atoms with van der Waals surface area (Å²) in [6.07, 6.45) is 1.00. The second-order valence-corrected chi connectivity index (χ2v) is 5.11. The van der Waals surface area contributed by atoms with E-state index in [4.69, 9.17) is 15.2 Å². The van der Waals surface area contributed by atoms with Crippen LogP contribution in [0.2, 0.25) is 0 Å². The molecule has 1 aromatic carbocycles. The second-order valence-electron chi connectivity index (χ2n) is 5.11. The van der Waals surface area contributed by atoms with Crippen LogP contribution in [0.15, 0.2) is 18.2 Å². The van der Waals surface area contributed by atoms with E-state index in [1.807, 2.05) is 18.2 Å². The highest BCUT2D eigenvalue weighted by Gasteiger charge is 2.15. The molecule has 0 bridgehead atoms. The molecule has 3 N–H and O–H groups in total. The number of hydrogen-bond donors (Lipinski definition) is 2. The minimum Gasteiger partial charge on any atom is -0.497 e. The highest BCUT2D eigenvalue weighted by atomic mass is 16.5. The van der Waals surface area contributed by atoms with Crippen molar-refractivity contribution in [3.8, 4) is 11.5 Å². The summed E-state index contributed by atoms with van der Waals surface area (Å²) in [5, 5.41) is 3.37. The molecule has 102 valence electrons. The molecule has 0 amide bonds. The molecule has 4 nitrogen and oxygen atoms in total. The van der Waals surface area contributed by atoms with Crippen molar-refractivity contribution in [2.24, 2.45) is 11.1 Å². The van der Waals surface area contributed by atoms with Gasteiger partial charge in [0.2, 0.25) is 0 Å². The molecular weight excluding hydrogens is 228 g/mol. The monoisotopic (exact) mass is 252 g/mol. The van der Waals surface area contributed by atoms with Crippen LogP contribution in [0.5, 0.6) is 11.5 Å². The van der Waals surface area contributed by atoms with Crippen molar-refractivity contribution in [2.75, 3.05) is 32.6 Å². The van der Waals surface area contributed by atoms with Gasteiger partial charge in [0, 0.05) is 12.6 Å². The van der Waals surface area contributed by atoms with Gasteiger partial charge in [-0.2, -0.15) is 0 Å². The van der Waals surface area contributed by atoms with Crippen LogP contribution in [0.25, 0.3) is 0 Å². The molecule has 0 saturated heterocycles. The molecular formula is C14H24N2O2. The van der Waals surface area contributed by atoms with Crippen LogP contribution in [-0.4, -0.2) is 27.3 Å². The zero-order valence-electron chi connectivity index (χ0n) is 11.7. The smallest absolute Gasteiger partial charge is 0.142 e. The highest BCUT2D eigenvalue weighted by Crippen LogP contribution is 2.29. The Kier molecular flexibility index (Phi) is 5.28. The molecule has 0 radical (unpaired) electrons. The number of methoxy groups -OCH3 is 2. The minimum atomic E-state index is 0.152. The summed E-state index contributed by atoms with van der Waals surface area (Å²) in [4.78, 5) is 0. The number of hydrogen-bond acceptors (Lipinski definition) is 4. The minimum absolute atomic E-state index is 0.152. The summed E-state index contributed by atoms with van der Waals surface area (Å²) >= 11 is 0. The largest absolute Gasteiger partial charge is 0.497 e. The van der Waals surface area contributed by atoms with Gasteiger partial charge in [-0.1, -0.05) is 13.8 Å². The van der Waals surface area contributed by atoms with Crippen molar-refractivity contribution in [2.45, 2.75) is 20.3 Å².